The number of likely N-dealkylation sites (N-methyl/N-ethyl adjacent to an activating group) is 1. The van der Waals surface area contributed by atoms with E-state index in [4.69, 9.17) is 21.1 Å². The van der Waals surface area contributed by atoms with Gasteiger partial charge < -0.3 is 19.7 Å². The van der Waals surface area contributed by atoms with Crippen LogP contribution in [0.4, 0.5) is 5.69 Å². The average Bonchev–Trinajstić information content (AvgIpc) is 2.62. The first-order valence-corrected chi connectivity index (χ1v) is 7.86. The van der Waals surface area contributed by atoms with Crippen molar-refractivity contribution in [2.75, 3.05) is 33.1 Å². The van der Waals surface area contributed by atoms with E-state index in [0.29, 0.717) is 27.8 Å². The molecule has 0 saturated heterocycles. The lowest BCUT2D eigenvalue weighted by Gasteiger charge is -2.18. The number of anilines is 1. The van der Waals surface area contributed by atoms with Gasteiger partial charge >= 0.3 is 0 Å². The van der Waals surface area contributed by atoms with Crippen molar-refractivity contribution in [1.29, 1.82) is 0 Å². The Balaban J connectivity index is 2.05. The molecule has 2 aromatic carbocycles. The van der Waals surface area contributed by atoms with E-state index in [9.17, 15) is 9.59 Å². The first-order valence-electron chi connectivity index (χ1n) is 7.48. The first-order chi connectivity index (χ1) is 12.0. The summed E-state index contributed by atoms with van der Waals surface area (Å²) >= 11 is 6.00. The minimum absolute atomic E-state index is 0.113. The Kier molecular flexibility index (Phi) is 6.25. The molecule has 0 spiro atoms. The second-order valence-corrected chi connectivity index (χ2v) is 5.67. The molecule has 25 heavy (non-hydrogen) atoms. The highest BCUT2D eigenvalue weighted by Crippen LogP contribution is 2.28. The molecule has 2 aromatic rings. The van der Waals surface area contributed by atoms with Crippen molar-refractivity contribution in [3.63, 3.8) is 0 Å². The lowest BCUT2D eigenvalue weighted by atomic mass is 10.1. The molecule has 0 aliphatic carbocycles. The van der Waals surface area contributed by atoms with Crippen molar-refractivity contribution in [1.82, 2.24) is 4.90 Å². The zero-order valence-electron chi connectivity index (χ0n) is 14.2. The number of hydrogen-bond donors (Lipinski definition) is 1. The van der Waals surface area contributed by atoms with Crippen molar-refractivity contribution in [3.8, 4) is 11.5 Å². The molecule has 0 aliphatic rings. The highest BCUT2D eigenvalue weighted by atomic mass is 35.5. The van der Waals surface area contributed by atoms with E-state index in [-0.39, 0.29) is 18.4 Å². The Hall–Kier alpha value is -2.73. The van der Waals surface area contributed by atoms with Crippen LogP contribution in [0.15, 0.2) is 42.5 Å². The monoisotopic (exact) mass is 362 g/mol. The highest BCUT2D eigenvalue weighted by molar-refractivity contribution is 6.33. The maximum Gasteiger partial charge on any atom is 0.254 e. The molecule has 0 aromatic heterocycles. The second kappa shape index (κ2) is 8.39. The van der Waals surface area contributed by atoms with Crippen LogP contribution in [0, 0.1) is 0 Å². The Bertz CT molecular complexity index is 779. The van der Waals surface area contributed by atoms with E-state index in [2.05, 4.69) is 5.32 Å². The summed E-state index contributed by atoms with van der Waals surface area (Å²) < 4.78 is 10.3. The fourth-order valence-corrected chi connectivity index (χ4v) is 2.41. The van der Waals surface area contributed by atoms with Gasteiger partial charge in [0.1, 0.15) is 0 Å². The van der Waals surface area contributed by atoms with Crippen LogP contribution in [-0.2, 0) is 4.79 Å². The van der Waals surface area contributed by atoms with E-state index >= 15 is 0 Å². The summed E-state index contributed by atoms with van der Waals surface area (Å²) in [6.45, 7) is -0.113. The minimum Gasteiger partial charge on any atom is -0.493 e. The molecule has 0 heterocycles. The molecule has 2 rings (SSSR count). The van der Waals surface area contributed by atoms with Gasteiger partial charge in [0.25, 0.3) is 5.91 Å². The number of nitrogens with one attached hydrogen (secondary N) is 1. The van der Waals surface area contributed by atoms with Crippen LogP contribution in [0.25, 0.3) is 0 Å². The number of carbonyl (C=O) groups excluding carboxylic acids is 2. The minimum atomic E-state index is -0.343. The van der Waals surface area contributed by atoms with E-state index in [0.717, 1.165) is 0 Å². The quantitative estimate of drug-likeness (QED) is 0.857. The van der Waals surface area contributed by atoms with Crippen molar-refractivity contribution in [2.24, 2.45) is 0 Å². The van der Waals surface area contributed by atoms with Gasteiger partial charge in [0, 0.05) is 12.6 Å². The maximum atomic E-state index is 12.5. The number of nitrogens with zero attached hydrogens (tertiary/aromatic N) is 1. The molecule has 2 amide bonds. The van der Waals surface area contributed by atoms with Crippen LogP contribution in [0.3, 0.4) is 0 Å². The number of ether oxygens (including phenoxy) is 2. The van der Waals surface area contributed by atoms with Gasteiger partial charge in [0.05, 0.1) is 31.5 Å². The molecule has 1 N–H and O–H groups in total. The van der Waals surface area contributed by atoms with Gasteiger partial charge in [-0.3, -0.25) is 9.59 Å². The Labute approximate surface area is 151 Å². The van der Waals surface area contributed by atoms with E-state index in [1.165, 1.54) is 19.1 Å². The van der Waals surface area contributed by atoms with Gasteiger partial charge in [-0.2, -0.15) is 0 Å². The van der Waals surface area contributed by atoms with Crippen molar-refractivity contribution < 1.29 is 19.1 Å². The molecule has 0 saturated carbocycles. The van der Waals surface area contributed by atoms with Gasteiger partial charge in [0.2, 0.25) is 5.91 Å². The third-order valence-electron chi connectivity index (χ3n) is 3.51. The Morgan fingerprint density at radius 3 is 2.40 bits per heavy atom. The van der Waals surface area contributed by atoms with Crippen molar-refractivity contribution in [2.45, 2.75) is 0 Å². The number of hydrogen-bond acceptors (Lipinski definition) is 4. The SMILES string of the molecule is COc1ccc(C(=O)N(C)CC(=O)Nc2ccccc2Cl)cc1OC. The number of para-hydroxylation sites is 1. The number of amides is 2. The summed E-state index contributed by atoms with van der Waals surface area (Å²) in [4.78, 5) is 25.9. The van der Waals surface area contributed by atoms with Crippen LogP contribution in [-0.4, -0.2) is 44.5 Å². The molecule has 0 atom stereocenters. The molecule has 7 heteroatoms. The predicted molar refractivity (Wildman–Crippen MR) is 96.6 cm³/mol. The molecule has 0 aliphatic heterocycles. The molecule has 0 unspecified atom stereocenters. The largest absolute Gasteiger partial charge is 0.493 e. The number of benzene rings is 2. The van der Waals surface area contributed by atoms with Gasteiger partial charge in [-0.05, 0) is 30.3 Å². The third-order valence-corrected chi connectivity index (χ3v) is 3.84. The lowest BCUT2D eigenvalue weighted by Crippen LogP contribution is -2.35. The van der Waals surface area contributed by atoms with Crippen LogP contribution in [0.2, 0.25) is 5.02 Å². The third kappa shape index (κ3) is 4.64. The van der Waals surface area contributed by atoms with Crippen molar-refractivity contribution in [3.05, 3.63) is 53.1 Å². The number of halogens is 1. The zero-order chi connectivity index (χ0) is 18.4. The number of rotatable bonds is 6. The van der Waals surface area contributed by atoms with E-state index in [1.54, 1.807) is 49.5 Å². The molecule has 132 valence electrons. The second-order valence-electron chi connectivity index (χ2n) is 5.26. The average molecular weight is 363 g/mol. The fourth-order valence-electron chi connectivity index (χ4n) is 2.23. The number of methoxy groups -OCH3 is 2. The molecular weight excluding hydrogens is 344 g/mol. The van der Waals surface area contributed by atoms with Crippen LogP contribution >= 0.6 is 11.6 Å². The predicted octanol–water partition coefficient (Wildman–Crippen LogP) is 3.07. The fraction of sp³-hybridized carbons (Fsp3) is 0.222. The standard InChI is InChI=1S/C18H19ClN2O4/c1-21(11-17(22)20-14-7-5-4-6-13(14)19)18(23)12-8-9-15(24-2)16(10-12)25-3/h4-10H,11H2,1-3H3,(H,20,22). The van der Waals surface area contributed by atoms with Crippen LogP contribution in [0.1, 0.15) is 10.4 Å². The summed E-state index contributed by atoms with van der Waals surface area (Å²) in [5.74, 6) is 0.320. The van der Waals surface area contributed by atoms with E-state index in [1.807, 2.05) is 0 Å². The molecule has 0 fully saturated rings. The lowest BCUT2D eigenvalue weighted by molar-refractivity contribution is -0.116. The van der Waals surface area contributed by atoms with Gasteiger partial charge in [0.15, 0.2) is 11.5 Å². The van der Waals surface area contributed by atoms with Gasteiger partial charge in [-0.15, -0.1) is 0 Å². The normalized spacial score (nSPS) is 10.1. The smallest absolute Gasteiger partial charge is 0.254 e. The molecule has 0 bridgehead atoms. The van der Waals surface area contributed by atoms with Crippen LogP contribution in [0.5, 0.6) is 11.5 Å². The van der Waals surface area contributed by atoms with Crippen molar-refractivity contribution >= 4 is 29.1 Å². The number of carbonyl (C=O) groups is 2. The summed E-state index contributed by atoms with van der Waals surface area (Å²) in [6.07, 6.45) is 0. The Morgan fingerprint density at radius 1 is 1.08 bits per heavy atom. The van der Waals surface area contributed by atoms with Crippen LogP contribution < -0.4 is 14.8 Å². The molecular formula is C18H19ClN2O4. The first kappa shape index (κ1) is 18.6. The molecule has 6 nitrogen and oxygen atoms in total. The summed E-state index contributed by atoms with van der Waals surface area (Å²) in [5.41, 5.74) is 0.895. The topological polar surface area (TPSA) is 67.9 Å². The van der Waals surface area contributed by atoms with E-state index < -0.39 is 0 Å². The maximum absolute atomic E-state index is 12.5. The summed E-state index contributed by atoms with van der Waals surface area (Å²) in [5, 5.41) is 3.11. The zero-order valence-corrected chi connectivity index (χ0v) is 15.0. The van der Waals surface area contributed by atoms with Gasteiger partial charge in [-0.1, -0.05) is 23.7 Å². The summed E-state index contributed by atoms with van der Waals surface area (Å²) in [6, 6.07) is 11.7. The Morgan fingerprint density at radius 2 is 1.76 bits per heavy atom. The van der Waals surface area contributed by atoms with Gasteiger partial charge in [-0.25, -0.2) is 0 Å². The summed E-state index contributed by atoms with van der Waals surface area (Å²) in [7, 11) is 4.56. The molecule has 0 radical (unpaired) electrons. The highest BCUT2D eigenvalue weighted by Gasteiger charge is 2.17.